The Hall–Kier alpha value is -1.11. The van der Waals surface area contributed by atoms with Crippen molar-refractivity contribution in [1.82, 2.24) is 0 Å². The van der Waals surface area contributed by atoms with Crippen molar-refractivity contribution in [3.63, 3.8) is 0 Å². The first-order valence-electron chi connectivity index (χ1n) is 4.99. The lowest BCUT2D eigenvalue weighted by Gasteiger charge is -2.25. The quantitative estimate of drug-likeness (QED) is 0.734. The summed E-state index contributed by atoms with van der Waals surface area (Å²) >= 11 is 0. The van der Waals surface area contributed by atoms with E-state index in [9.17, 15) is 18.0 Å². The molecule has 2 N–H and O–H groups in total. The highest BCUT2D eigenvalue weighted by Gasteiger charge is 2.34. The van der Waals surface area contributed by atoms with Crippen LogP contribution in [0.25, 0.3) is 0 Å². The van der Waals surface area contributed by atoms with Gasteiger partial charge in [-0.2, -0.15) is 0 Å². The van der Waals surface area contributed by atoms with Crippen molar-refractivity contribution in [2.75, 3.05) is 5.75 Å². The SMILES string of the molecule is O=C(O)CS(=O)(=O)C1CCC(C(=O)O)CC1. The Bertz CT molecular complexity index is 377. The summed E-state index contributed by atoms with van der Waals surface area (Å²) in [7, 11) is -3.62. The van der Waals surface area contributed by atoms with Gasteiger partial charge in [-0.05, 0) is 25.7 Å². The molecule has 0 aromatic carbocycles. The maximum absolute atomic E-state index is 11.5. The average molecular weight is 250 g/mol. The Kier molecular flexibility index (Phi) is 3.90. The molecule has 0 spiro atoms. The van der Waals surface area contributed by atoms with Crippen molar-refractivity contribution < 1.29 is 28.2 Å². The summed E-state index contributed by atoms with van der Waals surface area (Å²) in [6.07, 6.45) is 1.09. The van der Waals surface area contributed by atoms with Gasteiger partial charge >= 0.3 is 11.9 Å². The molecule has 0 saturated heterocycles. The van der Waals surface area contributed by atoms with Crippen molar-refractivity contribution in [2.24, 2.45) is 5.92 Å². The molecule has 1 saturated carbocycles. The Labute approximate surface area is 93.2 Å². The summed E-state index contributed by atoms with van der Waals surface area (Å²) in [5.41, 5.74) is 0. The maximum atomic E-state index is 11.5. The molecule has 0 atom stereocenters. The zero-order chi connectivity index (χ0) is 12.3. The van der Waals surface area contributed by atoms with Crippen molar-refractivity contribution in [3.05, 3.63) is 0 Å². The van der Waals surface area contributed by atoms with Crippen LogP contribution < -0.4 is 0 Å². The van der Waals surface area contributed by atoms with E-state index in [0.29, 0.717) is 12.8 Å². The van der Waals surface area contributed by atoms with Gasteiger partial charge in [0.05, 0.1) is 11.2 Å². The maximum Gasteiger partial charge on any atom is 0.318 e. The minimum Gasteiger partial charge on any atom is -0.481 e. The zero-order valence-electron chi connectivity index (χ0n) is 8.63. The highest BCUT2D eigenvalue weighted by molar-refractivity contribution is 7.92. The molecule has 0 aliphatic heterocycles. The second-order valence-corrected chi connectivity index (χ2v) is 6.29. The molecule has 0 bridgehead atoms. The minimum absolute atomic E-state index is 0.243. The molecule has 0 radical (unpaired) electrons. The van der Waals surface area contributed by atoms with Gasteiger partial charge in [-0.1, -0.05) is 0 Å². The van der Waals surface area contributed by atoms with Crippen molar-refractivity contribution in [2.45, 2.75) is 30.9 Å². The Morgan fingerprint density at radius 1 is 1.06 bits per heavy atom. The van der Waals surface area contributed by atoms with Gasteiger partial charge in [0, 0.05) is 0 Å². The van der Waals surface area contributed by atoms with E-state index in [1.165, 1.54) is 0 Å². The number of aliphatic carboxylic acids is 2. The van der Waals surface area contributed by atoms with E-state index >= 15 is 0 Å². The third-order valence-electron chi connectivity index (χ3n) is 2.86. The molecule has 1 aliphatic carbocycles. The summed E-state index contributed by atoms with van der Waals surface area (Å²) < 4.78 is 23.1. The van der Waals surface area contributed by atoms with Crippen LogP contribution in [0.3, 0.4) is 0 Å². The number of hydrogen-bond donors (Lipinski definition) is 2. The van der Waals surface area contributed by atoms with Crippen LogP contribution >= 0.6 is 0 Å². The van der Waals surface area contributed by atoms with Crippen LogP contribution in [0.15, 0.2) is 0 Å². The van der Waals surface area contributed by atoms with Crippen molar-refractivity contribution >= 4 is 21.8 Å². The lowest BCUT2D eigenvalue weighted by molar-refractivity contribution is -0.142. The van der Waals surface area contributed by atoms with Crippen LogP contribution in [0.2, 0.25) is 0 Å². The number of carbonyl (C=O) groups is 2. The van der Waals surface area contributed by atoms with Gasteiger partial charge in [0.1, 0.15) is 5.75 Å². The molecule has 0 aromatic rings. The molecule has 7 heteroatoms. The third-order valence-corrected chi connectivity index (χ3v) is 4.99. The van der Waals surface area contributed by atoms with Gasteiger partial charge in [0.25, 0.3) is 0 Å². The summed E-state index contributed by atoms with van der Waals surface area (Å²) in [5, 5.41) is 16.5. The first kappa shape index (κ1) is 13.0. The van der Waals surface area contributed by atoms with Gasteiger partial charge in [-0.15, -0.1) is 0 Å². The van der Waals surface area contributed by atoms with Crippen LogP contribution in [0.1, 0.15) is 25.7 Å². The fraction of sp³-hybridized carbons (Fsp3) is 0.778. The Balaban J connectivity index is 2.60. The van der Waals surface area contributed by atoms with E-state index in [0.717, 1.165) is 0 Å². The van der Waals surface area contributed by atoms with Crippen molar-refractivity contribution in [1.29, 1.82) is 0 Å². The second-order valence-electron chi connectivity index (χ2n) is 4.01. The molecule has 1 rings (SSSR count). The smallest absolute Gasteiger partial charge is 0.318 e. The number of carboxylic acid groups (broad SMARTS) is 2. The number of hydrogen-bond acceptors (Lipinski definition) is 4. The molecule has 1 aliphatic rings. The van der Waals surface area contributed by atoms with Crippen LogP contribution in [0.4, 0.5) is 0 Å². The van der Waals surface area contributed by atoms with E-state index < -0.39 is 38.7 Å². The highest BCUT2D eigenvalue weighted by atomic mass is 32.2. The standard InChI is InChI=1S/C9H14O6S/c10-8(11)5-16(14,15)7-3-1-6(2-4-7)9(12)13/h6-7H,1-5H2,(H,10,11)(H,12,13). The molecule has 0 amide bonds. The number of sulfone groups is 1. The molecular formula is C9H14O6S. The molecule has 6 nitrogen and oxygen atoms in total. The fourth-order valence-electron chi connectivity index (χ4n) is 1.96. The molecule has 16 heavy (non-hydrogen) atoms. The van der Waals surface area contributed by atoms with Gasteiger partial charge in [-0.25, -0.2) is 8.42 Å². The Morgan fingerprint density at radius 3 is 1.94 bits per heavy atom. The van der Waals surface area contributed by atoms with E-state index in [1.807, 2.05) is 0 Å². The lowest BCUT2D eigenvalue weighted by Crippen LogP contribution is -2.33. The van der Waals surface area contributed by atoms with Crippen LogP contribution in [-0.4, -0.2) is 41.6 Å². The normalized spacial score (nSPS) is 26.2. The molecule has 1 fully saturated rings. The number of rotatable bonds is 4. The van der Waals surface area contributed by atoms with Crippen LogP contribution in [-0.2, 0) is 19.4 Å². The molecule has 92 valence electrons. The number of carboxylic acids is 2. The topological polar surface area (TPSA) is 109 Å². The molecular weight excluding hydrogens is 236 g/mol. The summed E-state index contributed by atoms with van der Waals surface area (Å²) in [4.78, 5) is 21.0. The average Bonchev–Trinajstić information content (AvgIpc) is 2.16. The van der Waals surface area contributed by atoms with Gasteiger partial charge < -0.3 is 10.2 Å². The summed E-state index contributed by atoms with van der Waals surface area (Å²) in [6, 6.07) is 0. The predicted octanol–water partition coefficient (Wildman–Crippen LogP) is 0.129. The van der Waals surface area contributed by atoms with E-state index in [1.54, 1.807) is 0 Å². The van der Waals surface area contributed by atoms with Gasteiger partial charge in [0.15, 0.2) is 9.84 Å². The largest absolute Gasteiger partial charge is 0.481 e. The van der Waals surface area contributed by atoms with E-state index in [4.69, 9.17) is 10.2 Å². The highest BCUT2D eigenvalue weighted by Crippen LogP contribution is 2.28. The monoisotopic (exact) mass is 250 g/mol. The lowest BCUT2D eigenvalue weighted by atomic mass is 9.89. The van der Waals surface area contributed by atoms with Gasteiger partial charge in [-0.3, -0.25) is 9.59 Å². The van der Waals surface area contributed by atoms with Crippen LogP contribution in [0, 0.1) is 5.92 Å². The van der Waals surface area contributed by atoms with E-state index in [-0.39, 0.29) is 12.8 Å². The summed E-state index contributed by atoms with van der Waals surface area (Å²) in [5.74, 6) is -3.62. The van der Waals surface area contributed by atoms with Crippen molar-refractivity contribution in [3.8, 4) is 0 Å². The van der Waals surface area contributed by atoms with Crippen LogP contribution in [0.5, 0.6) is 0 Å². The zero-order valence-corrected chi connectivity index (χ0v) is 9.44. The first-order valence-corrected chi connectivity index (χ1v) is 6.70. The fourth-order valence-corrected chi connectivity index (χ4v) is 3.53. The second kappa shape index (κ2) is 4.82. The first-order chi connectivity index (χ1) is 7.33. The van der Waals surface area contributed by atoms with E-state index in [2.05, 4.69) is 0 Å². The Morgan fingerprint density at radius 2 is 1.56 bits per heavy atom. The third kappa shape index (κ3) is 3.19. The minimum atomic E-state index is -3.62. The molecule has 0 heterocycles. The molecule has 0 unspecified atom stereocenters. The molecule has 0 aromatic heterocycles. The summed E-state index contributed by atoms with van der Waals surface area (Å²) in [6.45, 7) is 0. The van der Waals surface area contributed by atoms with Gasteiger partial charge in [0.2, 0.25) is 0 Å². The predicted molar refractivity (Wildman–Crippen MR) is 54.8 cm³/mol.